The minimum absolute atomic E-state index is 0.00435. The molecule has 0 saturated carbocycles. The van der Waals surface area contributed by atoms with Crippen molar-refractivity contribution in [3.63, 3.8) is 0 Å². The number of primary sulfonamides is 1. The SMILES string of the molecule is CC(=O)Nc1ccc(O)cc1.CN(C)c1cccc(O)c1.Cc1cc(C)c(C#N)c(=O)[nH]1.NC(=O)c1ccc(O)cc1.NS(=O)(=O)c1ccc(O)cc1.O=Cc1ccc(O)cc1.O=[N+]([O-])c1ncccc1O.O=c1cccc(Cl)[nH]1.O=c1cccc[nH]1.Oc1ccc(Br)cc1.Oc1ccc(C(F)(F)F)cc1.Oc1ccc(Cl)cc1.Oc1ccc(F)cc1.[C-]#[N+]c1ccc(O)cc1. The Hall–Kier alpha value is -16.5. The van der Waals surface area contributed by atoms with Crippen molar-refractivity contribution in [2.75, 3.05) is 24.3 Å². The van der Waals surface area contributed by atoms with Gasteiger partial charge < -0.3 is 97.2 Å². The van der Waals surface area contributed by atoms with E-state index in [4.69, 9.17) is 102 Å². The molecule has 0 radical (unpaired) electrons. The van der Waals surface area contributed by atoms with Gasteiger partial charge in [0.05, 0.1) is 17.0 Å². The Morgan fingerprint density at radius 2 is 1.04 bits per heavy atom. The number of nitriles is 1. The summed E-state index contributed by atoms with van der Waals surface area (Å²) in [6.07, 6.45) is -0.743. The lowest BCUT2D eigenvalue weighted by Gasteiger charge is -2.11. The minimum atomic E-state index is -4.33. The van der Waals surface area contributed by atoms with Gasteiger partial charge in [0.2, 0.25) is 38.7 Å². The van der Waals surface area contributed by atoms with E-state index < -0.39 is 44.2 Å². The molecule has 2 amide bonds. The highest BCUT2D eigenvalue weighted by Gasteiger charge is 2.30. The number of aromatic amines is 3. The number of aromatic nitrogens is 4. The van der Waals surface area contributed by atoms with Crippen LogP contribution in [0.15, 0.2) is 333 Å². The number of benzene rings is 10. The summed E-state index contributed by atoms with van der Waals surface area (Å²) in [6.45, 7) is 11.5. The number of sulfonamides is 1. The molecule has 4 heterocycles. The maximum absolute atomic E-state index is 12.0. The number of alkyl halides is 3. The molecule has 14 aromatic rings. The Morgan fingerprint density at radius 3 is 1.37 bits per heavy atom. The molecule has 0 aliphatic heterocycles. The van der Waals surface area contributed by atoms with Crippen molar-refractivity contribution < 1.29 is 101 Å². The number of H-pyrrole nitrogens is 3. The quantitative estimate of drug-likeness (QED) is 0.0140. The number of rotatable bonds is 6. The second kappa shape index (κ2) is 60.9. The van der Waals surface area contributed by atoms with Gasteiger partial charge in [0.1, 0.15) is 92.6 Å². The molecule has 19 N–H and O–H groups in total. The number of pyridine rings is 4. The summed E-state index contributed by atoms with van der Waals surface area (Å²) >= 11 is 14.1. The lowest BCUT2D eigenvalue weighted by molar-refractivity contribution is -0.390. The van der Waals surface area contributed by atoms with Crippen LogP contribution in [0.2, 0.25) is 10.2 Å². The van der Waals surface area contributed by atoms with Crippen molar-refractivity contribution in [1.82, 2.24) is 19.9 Å². The number of nitrogens with two attached hydrogens (primary N) is 2. The number of halogens is 7. The van der Waals surface area contributed by atoms with Crippen molar-refractivity contribution in [2.24, 2.45) is 10.9 Å². The van der Waals surface area contributed by atoms with Crippen molar-refractivity contribution >= 4 is 90.1 Å². The molecule has 0 saturated heterocycles. The summed E-state index contributed by atoms with van der Waals surface area (Å²) in [5.41, 5.74) is 8.61. The van der Waals surface area contributed by atoms with Gasteiger partial charge in [-0.25, -0.2) is 22.8 Å². The van der Waals surface area contributed by atoms with Crippen LogP contribution in [0.4, 0.5) is 40.4 Å². The first-order chi connectivity index (χ1) is 61.6. The normalized spacial score (nSPS) is 9.46. The van der Waals surface area contributed by atoms with Crippen LogP contribution in [-0.2, 0) is 21.0 Å². The number of nitrogens with one attached hydrogen (secondary N) is 4. The molecule has 686 valence electrons. The predicted octanol–water partition coefficient (Wildman–Crippen LogP) is 17.6. The number of carbonyl (C=O) groups is 3. The van der Waals surface area contributed by atoms with Crippen LogP contribution in [0, 0.1) is 47.7 Å². The van der Waals surface area contributed by atoms with Crippen molar-refractivity contribution in [3.05, 3.63) is 416 Å². The van der Waals surface area contributed by atoms with Crippen LogP contribution in [0.1, 0.15) is 50.0 Å². The van der Waals surface area contributed by atoms with E-state index in [0.29, 0.717) is 44.2 Å². The van der Waals surface area contributed by atoms with Crippen LogP contribution < -0.4 is 37.8 Å². The third-order valence-corrected chi connectivity index (χ3v) is 16.3. The molecule has 131 heavy (non-hydrogen) atoms. The number of nitro groups is 1. The van der Waals surface area contributed by atoms with Gasteiger partial charge >= 0.3 is 12.0 Å². The molecule has 32 nitrogen and oxygen atoms in total. The number of hydrogen-bond acceptors (Lipinski definition) is 24. The summed E-state index contributed by atoms with van der Waals surface area (Å²) in [5, 5.41) is 123. The number of aromatic hydroxyl groups is 11. The second-order valence-corrected chi connectivity index (χ2v) is 28.4. The summed E-state index contributed by atoms with van der Waals surface area (Å²) in [6, 6.07) is 74.1. The standard InChI is InChI=1S/C8H8N2O.C8H9NO2.C8H11NO.C7H5F3O.C7H7NO2.C7H5NO.C7H6O2.C6H5BrO.C6H5ClO.C6H5FO.C6H7NO3S.C5H4ClNO.C5H4N2O3.C5H5NO/c1-5-3-6(2)10-8(11)7(5)4-9;1-6(10)9-7-2-4-8(11)5-3-7;1-9(2)7-4-3-5-8(10)6-7;8-7(9,10)5-1-3-6(11)4-2-5;8-7(10)5-1-3-6(9)4-2-5;1-8-6-2-4-7(9)5-3-6;8-5-6-1-3-7(9)4-2-6;3*7-5-1-3-6(8)4-2-5;7-11(9,10)6-3-1-5(8)2-4-6;6-4-2-1-3-5(8)7-4;8-4-2-1-3-6-5(4)7(9)10;7-5-3-1-2-4-6-5/h3H,1-2H3,(H,10,11);2-5,11H,1H3,(H,9,10);3-6,10H,1-2H3;1-4,11H;1-4,9H,(H2,8,10);2-5,9H;1-5,9H;3*1-4,8H;1-4,8H,(H2,7,9,10);1-3H,(H,7,8);1-3,8H;1-4H,(H,6,7). The third kappa shape index (κ3) is 53.4. The molecular formula is C91H86BrCl2F4N11O21S. The van der Waals surface area contributed by atoms with Crippen molar-refractivity contribution in [3.8, 4) is 69.3 Å². The molecule has 10 aromatic carbocycles. The molecule has 40 heteroatoms. The topological polar surface area (TPSA) is 558 Å². The summed E-state index contributed by atoms with van der Waals surface area (Å²) in [4.78, 5) is 87.7. The molecule has 14 rings (SSSR count). The van der Waals surface area contributed by atoms with E-state index in [1.54, 1.807) is 147 Å². The zero-order chi connectivity index (χ0) is 98.8. The molecule has 0 bridgehead atoms. The number of hydrogen-bond donors (Lipinski definition) is 17. The fraction of sp³-hybridized carbons (Fsp3) is 0.0659. The zero-order valence-electron chi connectivity index (χ0n) is 69.5. The number of amides is 2. The molecule has 0 aliphatic carbocycles. The highest BCUT2D eigenvalue weighted by molar-refractivity contribution is 9.10. The maximum Gasteiger partial charge on any atom is 0.416 e. The van der Waals surface area contributed by atoms with Gasteiger partial charge in [0.25, 0.3) is 5.56 Å². The molecule has 0 spiro atoms. The summed E-state index contributed by atoms with van der Waals surface area (Å²) in [7, 11) is 0.248. The molecular weight excluding hydrogens is 1840 g/mol. The zero-order valence-corrected chi connectivity index (χ0v) is 73.4. The van der Waals surface area contributed by atoms with Gasteiger partial charge in [0.15, 0.2) is 5.69 Å². The fourth-order valence-corrected chi connectivity index (χ4v) is 9.23. The Labute approximate surface area is 764 Å². The second-order valence-electron chi connectivity index (χ2n) is 25.0. The van der Waals surface area contributed by atoms with E-state index in [2.05, 4.69) is 46.0 Å². The van der Waals surface area contributed by atoms with Crippen LogP contribution in [-0.4, -0.2) is 122 Å². The Morgan fingerprint density at radius 1 is 0.595 bits per heavy atom. The van der Waals surface area contributed by atoms with Crippen LogP contribution in [0.3, 0.4) is 0 Å². The van der Waals surface area contributed by atoms with E-state index in [0.717, 1.165) is 52.0 Å². The van der Waals surface area contributed by atoms with E-state index >= 15 is 0 Å². The molecule has 0 unspecified atom stereocenters. The Bertz CT molecular complexity index is 5990. The molecule has 4 aromatic heterocycles. The number of primary amides is 1. The van der Waals surface area contributed by atoms with E-state index in [9.17, 15) is 64.9 Å². The van der Waals surface area contributed by atoms with E-state index in [1.165, 1.54) is 147 Å². The van der Waals surface area contributed by atoms with Crippen LogP contribution >= 0.6 is 39.1 Å². The molecule has 0 fully saturated rings. The number of phenols is 10. The highest BCUT2D eigenvalue weighted by Crippen LogP contribution is 2.30. The van der Waals surface area contributed by atoms with Gasteiger partial charge in [-0.05, 0) is 278 Å². The number of anilines is 2. The summed E-state index contributed by atoms with van der Waals surface area (Å²) < 4.78 is 69.8. The van der Waals surface area contributed by atoms with E-state index in [1.807, 2.05) is 37.2 Å². The van der Waals surface area contributed by atoms with Gasteiger partial charge in [-0.3, -0.25) is 28.8 Å². The van der Waals surface area contributed by atoms with Crippen LogP contribution in [0.5, 0.6) is 63.2 Å². The smallest absolute Gasteiger partial charge is 0.416 e. The van der Waals surface area contributed by atoms with Gasteiger partial charge in [-0.1, -0.05) is 69.5 Å². The van der Waals surface area contributed by atoms with Crippen LogP contribution in [0.25, 0.3) is 4.85 Å². The Kier molecular flexibility index (Phi) is 52.3. The lowest BCUT2D eigenvalue weighted by atomic mass is 10.1. The molecule has 0 aliphatic rings. The third-order valence-electron chi connectivity index (χ3n) is 14.4. The van der Waals surface area contributed by atoms with E-state index in [-0.39, 0.29) is 84.9 Å². The first-order valence-corrected chi connectivity index (χ1v) is 39.7. The van der Waals surface area contributed by atoms with Gasteiger partial charge in [0, 0.05) is 83.1 Å². The highest BCUT2D eigenvalue weighted by atomic mass is 79.9. The molecule has 0 atom stereocenters. The maximum atomic E-state index is 12.0. The lowest BCUT2D eigenvalue weighted by Crippen LogP contribution is -2.12. The Balaban J connectivity index is 0.000000707. The first kappa shape index (κ1) is 112. The van der Waals surface area contributed by atoms with Crippen molar-refractivity contribution in [2.45, 2.75) is 31.8 Å². The monoisotopic (exact) mass is 1930 g/mol. The average molecular weight is 1930 g/mol. The van der Waals surface area contributed by atoms with Gasteiger partial charge in [-0.15, -0.1) is 0 Å². The number of carbonyl (C=O) groups excluding carboxylic acids is 3. The largest absolute Gasteiger partial charge is 0.508 e. The van der Waals surface area contributed by atoms with Crippen molar-refractivity contribution in [1.29, 1.82) is 5.26 Å². The number of aldehydes is 1. The minimum Gasteiger partial charge on any atom is -0.508 e. The van der Waals surface area contributed by atoms with Gasteiger partial charge in [-0.2, -0.15) is 18.4 Å². The number of phenolic OH excluding ortho intramolecular Hbond substituents is 10. The first-order valence-electron chi connectivity index (χ1n) is 36.6. The predicted molar refractivity (Wildman–Crippen MR) is 492 cm³/mol. The average Bonchev–Trinajstić information content (AvgIpc) is 0.861. The fourth-order valence-electron chi connectivity index (χ4n) is 8.15. The summed E-state index contributed by atoms with van der Waals surface area (Å²) in [5.74, 6) is -0.365. The number of nitrogens with zero attached hydrogens (tertiary/aromatic N) is 5. The number of aryl methyl sites for hydroxylation is 2.